The molecule has 0 saturated carbocycles. The summed E-state index contributed by atoms with van der Waals surface area (Å²) in [7, 11) is 0. The van der Waals surface area contributed by atoms with E-state index in [0.29, 0.717) is 6.42 Å². The lowest BCUT2D eigenvalue weighted by Gasteiger charge is -2.33. The topological polar surface area (TPSA) is 20.3 Å². The van der Waals surface area contributed by atoms with Gasteiger partial charge in [-0.15, -0.1) is 0 Å². The molecule has 17 heavy (non-hydrogen) atoms. The highest BCUT2D eigenvalue weighted by molar-refractivity contribution is 5.96. The predicted octanol–water partition coefficient (Wildman–Crippen LogP) is 3.66. The second-order valence-corrected chi connectivity index (χ2v) is 5.39. The molecule has 0 atom stereocenters. The molecule has 1 aromatic rings. The summed E-state index contributed by atoms with van der Waals surface area (Å²) >= 11 is 0. The summed E-state index contributed by atoms with van der Waals surface area (Å²) < 4.78 is 0. The highest BCUT2D eigenvalue weighted by Gasteiger charge is 2.31. The Hall–Kier alpha value is -1.31. The van der Waals surface area contributed by atoms with E-state index in [2.05, 4.69) is 30.9 Å². The summed E-state index contributed by atoms with van der Waals surface area (Å²) in [6.07, 6.45) is 3.07. The SMILES string of the molecule is CCC(=O)c1ccc(N2CCCC2(C)C)cc1. The molecule has 0 aromatic heterocycles. The van der Waals surface area contributed by atoms with Crippen LogP contribution in [0, 0.1) is 0 Å². The van der Waals surface area contributed by atoms with Crippen LogP contribution in [0.1, 0.15) is 50.4 Å². The molecule has 1 aliphatic rings. The maximum atomic E-state index is 11.6. The molecule has 0 aliphatic carbocycles. The van der Waals surface area contributed by atoms with Crippen molar-refractivity contribution in [2.75, 3.05) is 11.4 Å². The van der Waals surface area contributed by atoms with Crippen LogP contribution in [0.5, 0.6) is 0 Å². The largest absolute Gasteiger partial charge is 0.366 e. The first-order chi connectivity index (χ1) is 8.04. The summed E-state index contributed by atoms with van der Waals surface area (Å²) in [6.45, 7) is 7.59. The lowest BCUT2D eigenvalue weighted by Crippen LogP contribution is -2.38. The molecule has 2 nitrogen and oxygen atoms in total. The minimum absolute atomic E-state index is 0.220. The van der Waals surface area contributed by atoms with Gasteiger partial charge in [-0.2, -0.15) is 0 Å². The van der Waals surface area contributed by atoms with E-state index in [1.165, 1.54) is 18.5 Å². The Bertz CT molecular complexity index is 405. The first kappa shape index (κ1) is 12.2. The van der Waals surface area contributed by atoms with Crippen LogP contribution in [0.3, 0.4) is 0 Å². The van der Waals surface area contributed by atoms with Crippen LogP contribution in [0.2, 0.25) is 0 Å². The number of ketones is 1. The van der Waals surface area contributed by atoms with E-state index in [0.717, 1.165) is 12.1 Å². The van der Waals surface area contributed by atoms with E-state index in [1.807, 2.05) is 19.1 Å². The molecule has 0 radical (unpaired) electrons. The van der Waals surface area contributed by atoms with Gasteiger partial charge in [-0.1, -0.05) is 6.92 Å². The molecule has 1 aromatic carbocycles. The molecule has 0 spiro atoms. The zero-order valence-corrected chi connectivity index (χ0v) is 11.0. The molecule has 2 rings (SSSR count). The van der Waals surface area contributed by atoms with Crippen molar-refractivity contribution in [3.8, 4) is 0 Å². The smallest absolute Gasteiger partial charge is 0.162 e. The molecule has 0 unspecified atom stereocenters. The number of carbonyl (C=O) groups is 1. The fourth-order valence-electron chi connectivity index (χ4n) is 2.62. The number of rotatable bonds is 3. The molecule has 1 fully saturated rings. The summed E-state index contributed by atoms with van der Waals surface area (Å²) in [5.41, 5.74) is 2.31. The minimum Gasteiger partial charge on any atom is -0.366 e. The maximum Gasteiger partial charge on any atom is 0.162 e. The second-order valence-electron chi connectivity index (χ2n) is 5.39. The molecule has 1 aliphatic heterocycles. The molecule has 2 heteroatoms. The summed E-state index contributed by atoms with van der Waals surface area (Å²) in [6, 6.07) is 8.07. The number of carbonyl (C=O) groups excluding carboxylic acids is 1. The number of hydrogen-bond acceptors (Lipinski definition) is 2. The number of hydrogen-bond donors (Lipinski definition) is 0. The van der Waals surface area contributed by atoms with Gasteiger partial charge in [0.25, 0.3) is 0 Å². The van der Waals surface area contributed by atoms with Gasteiger partial charge in [0.1, 0.15) is 0 Å². The summed E-state index contributed by atoms with van der Waals surface area (Å²) in [4.78, 5) is 14.0. The minimum atomic E-state index is 0.220. The Balaban J connectivity index is 2.21. The van der Waals surface area contributed by atoms with Crippen LogP contribution in [-0.4, -0.2) is 17.9 Å². The lowest BCUT2D eigenvalue weighted by molar-refractivity contribution is 0.0988. The van der Waals surface area contributed by atoms with Crippen LogP contribution in [0.4, 0.5) is 5.69 Å². The molecular weight excluding hydrogens is 210 g/mol. The predicted molar refractivity (Wildman–Crippen MR) is 71.7 cm³/mol. The average molecular weight is 231 g/mol. The Labute approximate surface area is 104 Å². The van der Waals surface area contributed by atoms with Gasteiger partial charge in [0, 0.05) is 29.8 Å². The van der Waals surface area contributed by atoms with Gasteiger partial charge in [0.2, 0.25) is 0 Å². The Morgan fingerprint density at radius 1 is 1.29 bits per heavy atom. The number of Topliss-reactive ketones (excluding diaryl/α,β-unsaturated/α-hetero) is 1. The number of benzene rings is 1. The molecule has 1 heterocycles. The summed E-state index contributed by atoms with van der Waals surface area (Å²) in [5, 5.41) is 0. The zero-order chi connectivity index (χ0) is 12.5. The second kappa shape index (κ2) is 4.52. The lowest BCUT2D eigenvalue weighted by atomic mass is 10.0. The van der Waals surface area contributed by atoms with E-state index in [4.69, 9.17) is 0 Å². The fraction of sp³-hybridized carbons (Fsp3) is 0.533. The quantitative estimate of drug-likeness (QED) is 0.740. The zero-order valence-electron chi connectivity index (χ0n) is 11.0. The van der Waals surface area contributed by atoms with Crippen molar-refractivity contribution in [3.63, 3.8) is 0 Å². The van der Waals surface area contributed by atoms with Crippen molar-refractivity contribution in [1.82, 2.24) is 0 Å². The van der Waals surface area contributed by atoms with Gasteiger partial charge in [0.15, 0.2) is 5.78 Å². The highest BCUT2D eigenvalue weighted by atomic mass is 16.1. The van der Waals surface area contributed by atoms with Crippen molar-refractivity contribution in [1.29, 1.82) is 0 Å². The van der Waals surface area contributed by atoms with Crippen molar-refractivity contribution in [3.05, 3.63) is 29.8 Å². The molecule has 0 bridgehead atoms. The van der Waals surface area contributed by atoms with Gasteiger partial charge in [-0.25, -0.2) is 0 Å². The van der Waals surface area contributed by atoms with Crippen LogP contribution in [0.15, 0.2) is 24.3 Å². The van der Waals surface area contributed by atoms with Crippen molar-refractivity contribution >= 4 is 11.5 Å². The van der Waals surface area contributed by atoms with Crippen molar-refractivity contribution in [2.24, 2.45) is 0 Å². The van der Waals surface area contributed by atoms with Gasteiger partial charge in [-0.05, 0) is 51.0 Å². The van der Waals surface area contributed by atoms with Gasteiger partial charge < -0.3 is 4.90 Å². The highest BCUT2D eigenvalue weighted by Crippen LogP contribution is 2.33. The third-order valence-electron chi connectivity index (χ3n) is 3.72. The van der Waals surface area contributed by atoms with Crippen LogP contribution < -0.4 is 4.90 Å². The number of anilines is 1. The normalized spacial score (nSPS) is 18.4. The third kappa shape index (κ3) is 2.36. The van der Waals surface area contributed by atoms with Crippen LogP contribution in [0.25, 0.3) is 0 Å². The van der Waals surface area contributed by atoms with Crippen molar-refractivity contribution in [2.45, 2.75) is 45.6 Å². The third-order valence-corrected chi connectivity index (χ3v) is 3.72. The van der Waals surface area contributed by atoms with E-state index in [-0.39, 0.29) is 11.3 Å². The molecular formula is C15H21NO. The van der Waals surface area contributed by atoms with Crippen molar-refractivity contribution < 1.29 is 4.79 Å². The molecule has 0 amide bonds. The van der Waals surface area contributed by atoms with E-state index in [1.54, 1.807) is 0 Å². The Kier molecular flexibility index (Phi) is 3.23. The van der Waals surface area contributed by atoms with Gasteiger partial charge in [-0.3, -0.25) is 4.79 Å². The van der Waals surface area contributed by atoms with Crippen LogP contribution >= 0.6 is 0 Å². The Morgan fingerprint density at radius 2 is 1.94 bits per heavy atom. The van der Waals surface area contributed by atoms with E-state index >= 15 is 0 Å². The fourth-order valence-corrected chi connectivity index (χ4v) is 2.62. The maximum absolute atomic E-state index is 11.6. The number of nitrogens with zero attached hydrogens (tertiary/aromatic N) is 1. The van der Waals surface area contributed by atoms with Gasteiger partial charge >= 0.3 is 0 Å². The standard InChI is InChI=1S/C15H21NO/c1-4-14(17)12-6-8-13(9-7-12)16-11-5-10-15(16,2)3/h6-9H,4-5,10-11H2,1-3H3. The first-order valence-corrected chi connectivity index (χ1v) is 6.45. The monoisotopic (exact) mass is 231 g/mol. The summed E-state index contributed by atoms with van der Waals surface area (Å²) in [5.74, 6) is 0.220. The first-order valence-electron chi connectivity index (χ1n) is 6.45. The van der Waals surface area contributed by atoms with E-state index in [9.17, 15) is 4.79 Å². The Morgan fingerprint density at radius 3 is 2.41 bits per heavy atom. The average Bonchev–Trinajstić information content (AvgIpc) is 2.68. The van der Waals surface area contributed by atoms with Crippen LogP contribution in [-0.2, 0) is 0 Å². The molecule has 0 N–H and O–H groups in total. The molecule has 1 saturated heterocycles. The molecule has 92 valence electrons. The van der Waals surface area contributed by atoms with E-state index < -0.39 is 0 Å². The van der Waals surface area contributed by atoms with Gasteiger partial charge in [0.05, 0.1) is 0 Å².